The predicted molar refractivity (Wildman–Crippen MR) is 89.3 cm³/mol. The van der Waals surface area contributed by atoms with Crippen LogP contribution < -0.4 is 5.32 Å². The molecule has 0 bridgehead atoms. The molecule has 0 saturated carbocycles. The fourth-order valence-corrected chi connectivity index (χ4v) is 2.88. The van der Waals surface area contributed by atoms with Gasteiger partial charge in [0.1, 0.15) is 0 Å². The molecule has 0 saturated heterocycles. The molecular formula is C17H29NS. The summed E-state index contributed by atoms with van der Waals surface area (Å²) in [6.07, 6.45) is 1.11. The minimum Gasteiger partial charge on any atom is -0.316 e. The third-order valence-electron chi connectivity index (χ3n) is 3.34. The molecule has 1 atom stereocenters. The number of nitrogens with one attached hydrogen (secondary N) is 1. The van der Waals surface area contributed by atoms with E-state index in [2.05, 4.69) is 71.2 Å². The van der Waals surface area contributed by atoms with E-state index in [9.17, 15) is 0 Å². The second-order valence-corrected chi connectivity index (χ2v) is 8.13. The van der Waals surface area contributed by atoms with Gasteiger partial charge in [-0.05, 0) is 35.3 Å². The van der Waals surface area contributed by atoms with Gasteiger partial charge in [-0.3, -0.25) is 0 Å². The van der Waals surface area contributed by atoms with Gasteiger partial charge in [-0.1, -0.05) is 58.9 Å². The third kappa shape index (κ3) is 6.01. The van der Waals surface area contributed by atoms with Crippen molar-refractivity contribution in [3.8, 4) is 0 Å². The molecule has 0 aliphatic rings. The molecule has 19 heavy (non-hydrogen) atoms. The quantitative estimate of drug-likeness (QED) is 0.835. The van der Waals surface area contributed by atoms with Gasteiger partial charge in [0.25, 0.3) is 0 Å². The molecule has 1 nitrogen and oxygen atoms in total. The highest BCUT2D eigenvalue weighted by atomic mass is 32.2. The zero-order chi connectivity index (χ0) is 14.5. The average molecular weight is 279 g/mol. The van der Waals surface area contributed by atoms with Crippen LogP contribution in [0.3, 0.4) is 0 Å². The van der Waals surface area contributed by atoms with Gasteiger partial charge in [0.05, 0.1) is 0 Å². The number of likely N-dealkylation sites (N-methyl/N-ethyl adjacent to an activating group) is 1. The van der Waals surface area contributed by atoms with E-state index >= 15 is 0 Å². The normalized spacial score (nSPS) is 13.8. The molecule has 0 spiro atoms. The molecule has 0 radical (unpaired) electrons. The average Bonchev–Trinajstić information content (AvgIpc) is 2.33. The highest BCUT2D eigenvalue weighted by molar-refractivity contribution is 7.99. The van der Waals surface area contributed by atoms with Crippen LogP contribution in [0.1, 0.15) is 45.7 Å². The highest BCUT2D eigenvalue weighted by Gasteiger charge is 2.14. The molecule has 1 aromatic carbocycles. The van der Waals surface area contributed by atoms with Crippen molar-refractivity contribution >= 4 is 11.8 Å². The maximum absolute atomic E-state index is 3.43. The standard InChI is InChI=1S/C17H29NS/c1-13(2)19-12-16(18-6)11-14-7-9-15(10-8-14)17(3,4)5/h7-10,13,16,18H,11-12H2,1-6H3. The van der Waals surface area contributed by atoms with Gasteiger partial charge in [0, 0.05) is 11.8 Å². The van der Waals surface area contributed by atoms with Crippen LogP contribution in [-0.2, 0) is 11.8 Å². The molecule has 1 aromatic rings. The van der Waals surface area contributed by atoms with Crippen LogP contribution in [-0.4, -0.2) is 24.1 Å². The zero-order valence-electron chi connectivity index (χ0n) is 13.3. The van der Waals surface area contributed by atoms with Gasteiger partial charge >= 0.3 is 0 Å². The molecule has 0 amide bonds. The van der Waals surface area contributed by atoms with Crippen LogP contribution in [0, 0.1) is 0 Å². The number of rotatable bonds is 6. The minimum absolute atomic E-state index is 0.244. The van der Waals surface area contributed by atoms with Crippen LogP contribution in [0.15, 0.2) is 24.3 Å². The van der Waals surface area contributed by atoms with Crippen molar-refractivity contribution < 1.29 is 0 Å². The number of thioether (sulfide) groups is 1. The molecule has 1 N–H and O–H groups in total. The van der Waals surface area contributed by atoms with Crippen molar-refractivity contribution in [2.45, 2.75) is 57.7 Å². The number of hydrogen-bond donors (Lipinski definition) is 1. The molecule has 0 heterocycles. The Morgan fingerprint density at radius 2 is 1.68 bits per heavy atom. The van der Waals surface area contributed by atoms with Gasteiger partial charge in [0.15, 0.2) is 0 Å². The lowest BCUT2D eigenvalue weighted by Gasteiger charge is -2.20. The monoisotopic (exact) mass is 279 g/mol. The van der Waals surface area contributed by atoms with E-state index in [0.29, 0.717) is 11.3 Å². The fourth-order valence-electron chi connectivity index (χ4n) is 1.98. The summed E-state index contributed by atoms with van der Waals surface area (Å²) < 4.78 is 0. The molecule has 108 valence electrons. The van der Waals surface area contributed by atoms with Crippen molar-refractivity contribution in [2.75, 3.05) is 12.8 Å². The minimum atomic E-state index is 0.244. The zero-order valence-corrected chi connectivity index (χ0v) is 14.1. The summed E-state index contributed by atoms with van der Waals surface area (Å²) in [5.41, 5.74) is 3.08. The van der Waals surface area contributed by atoms with Crippen molar-refractivity contribution in [3.05, 3.63) is 35.4 Å². The van der Waals surface area contributed by atoms with Crippen molar-refractivity contribution in [1.82, 2.24) is 5.32 Å². The van der Waals surface area contributed by atoms with Crippen LogP contribution >= 0.6 is 11.8 Å². The lowest BCUT2D eigenvalue weighted by atomic mass is 9.86. The van der Waals surface area contributed by atoms with Crippen molar-refractivity contribution in [1.29, 1.82) is 0 Å². The van der Waals surface area contributed by atoms with E-state index in [0.717, 1.165) is 6.42 Å². The van der Waals surface area contributed by atoms with Gasteiger partial charge in [0.2, 0.25) is 0 Å². The first kappa shape index (κ1) is 16.6. The Kier molecular flexibility index (Phi) is 6.41. The topological polar surface area (TPSA) is 12.0 Å². The fraction of sp³-hybridized carbons (Fsp3) is 0.647. The van der Waals surface area contributed by atoms with E-state index in [1.165, 1.54) is 16.9 Å². The second kappa shape index (κ2) is 7.35. The Labute approximate surface area is 123 Å². The van der Waals surface area contributed by atoms with E-state index in [4.69, 9.17) is 0 Å². The molecule has 0 aliphatic heterocycles. The summed E-state index contributed by atoms with van der Waals surface area (Å²) in [7, 11) is 2.06. The molecular weight excluding hydrogens is 250 g/mol. The lowest BCUT2D eigenvalue weighted by Crippen LogP contribution is -2.30. The Hall–Kier alpha value is -0.470. The van der Waals surface area contributed by atoms with Gasteiger partial charge in [-0.15, -0.1) is 0 Å². The first-order valence-corrected chi connectivity index (χ1v) is 8.26. The summed E-state index contributed by atoms with van der Waals surface area (Å²) in [5.74, 6) is 1.18. The Balaban J connectivity index is 2.60. The van der Waals surface area contributed by atoms with Crippen molar-refractivity contribution in [3.63, 3.8) is 0 Å². The SMILES string of the molecule is CNC(CSC(C)C)Cc1ccc(C(C)(C)C)cc1. The maximum atomic E-state index is 3.43. The summed E-state index contributed by atoms with van der Waals surface area (Å²) in [6.45, 7) is 11.3. The molecule has 0 aliphatic carbocycles. The van der Waals surface area contributed by atoms with Gasteiger partial charge in [-0.2, -0.15) is 11.8 Å². The summed E-state index contributed by atoms with van der Waals surface area (Å²) >= 11 is 2.03. The first-order chi connectivity index (χ1) is 8.82. The summed E-state index contributed by atoms with van der Waals surface area (Å²) in [5, 5.41) is 4.14. The number of benzene rings is 1. The van der Waals surface area contributed by atoms with Crippen LogP contribution in [0.5, 0.6) is 0 Å². The Morgan fingerprint density at radius 3 is 2.11 bits per heavy atom. The van der Waals surface area contributed by atoms with E-state index in [-0.39, 0.29) is 5.41 Å². The lowest BCUT2D eigenvalue weighted by molar-refractivity contribution is 0.588. The van der Waals surface area contributed by atoms with E-state index in [1.54, 1.807) is 0 Å². The molecule has 0 fully saturated rings. The summed E-state index contributed by atoms with van der Waals surface area (Å²) in [6, 6.07) is 9.68. The maximum Gasteiger partial charge on any atom is 0.0195 e. The Morgan fingerprint density at radius 1 is 1.11 bits per heavy atom. The third-order valence-corrected chi connectivity index (χ3v) is 4.60. The molecule has 1 rings (SSSR count). The molecule has 2 heteroatoms. The number of hydrogen-bond acceptors (Lipinski definition) is 2. The molecule has 0 aromatic heterocycles. The van der Waals surface area contributed by atoms with Crippen LogP contribution in [0.25, 0.3) is 0 Å². The highest BCUT2D eigenvalue weighted by Crippen LogP contribution is 2.22. The second-order valence-electron chi connectivity index (χ2n) is 6.52. The largest absolute Gasteiger partial charge is 0.316 e. The first-order valence-electron chi connectivity index (χ1n) is 7.21. The van der Waals surface area contributed by atoms with Gasteiger partial charge in [-0.25, -0.2) is 0 Å². The van der Waals surface area contributed by atoms with Crippen LogP contribution in [0.4, 0.5) is 0 Å². The van der Waals surface area contributed by atoms with E-state index in [1.807, 2.05) is 11.8 Å². The Bertz CT molecular complexity index is 362. The van der Waals surface area contributed by atoms with Gasteiger partial charge < -0.3 is 5.32 Å². The molecule has 1 unspecified atom stereocenters. The van der Waals surface area contributed by atoms with Crippen molar-refractivity contribution in [2.24, 2.45) is 0 Å². The smallest absolute Gasteiger partial charge is 0.0195 e. The van der Waals surface area contributed by atoms with Crippen LogP contribution in [0.2, 0.25) is 0 Å². The summed E-state index contributed by atoms with van der Waals surface area (Å²) in [4.78, 5) is 0. The van der Waals surface area contributed by atoms with E-state index < -0.39 is 0 Å². The predicted octanol–water partition coefficient (Wildman–Crippen LogP) is 4.26.